The van der Waals surface area contributed by atoms with Crippen molar-refractivity contribution in [3.63, 3.8) is 0 Å². The molecule has 0 bridgehead atoms. The summed E-state index contributed by atoms with van der Waals surface area (Å²) in [6.07, 6.45) is 1.79. The molecule has 0 aliphatic carbocycles. The Morgan fingerprint density at radius 2 is 1.72 bits per heavy atom. The molecule has 4 heteroatoms. The van der Waals surface area contributed by atoms with Crippen molar-refractivity contribution in [2.45, 2.75) is 0 Å². The number of carbonyl (C=O) groups is 1. The van der Waals surface area contributed by atoms with Crippen molar-refractivity contribution in [2.75, 3.05) is 7.05 Å². The van der Waals surface area contributed by atoms with E-state index in [1.165, 1.54) is 5.56 Å². The number of amides is 1. The monoisotopic (exact) mass is 327 g/mol. The maximum atomic E-state index is 11.8. The van der Waals surface area contributed by atoms with Crippen LogP contribution in [0.4, 0.5) is 0 Å². The van der Waals surface area contributed by atoms with E-state index in [9.17, 15) is 4.79 Å². The molecule has 1 heterocycles. The molecule has 1 amide bonds. The summed E-state index contributed by atoms with van der Waals surface area (Å²) in [5.74, 6) is -0.109. The van der Waals surface area contributed by atoms with Crippen molar-refractivity contribution >= 4 is 16.9 Å². The third-order valence-corrected chi connectivity index (χ3v) is 4.27. The highest BCUT2D eigenvalue weighted by Gasteiger charge is 2.09. The van der Waals surface area contributed by atoms with Crippen molar-refractivity contribution in [1.29, 1.82) is 0 Å². The fourth-order valence-electron chi connectivity index (χ4n) is 2.97. The van der Waals surface area contributed by atoms with Gasteiger partial charge in [-0.3, -0.25) is 9.36 Å². The second kappa shape index (κ2) is 6.24. The number of hydrogen-bond acceptors (Lipinski definition) is 2. The van der Waals surface area contributed by atoms with Gasteiger partial charge in [0, 0.05) is 18.3 Å². The lowest BCUT2D eigenvalue weighted by Crippen LogP contribution is -2.17. The Balaban J connectivity index is 1.79. The fourth-order valence-corrected chi connectivity index (χ4v) is 2.97. The van der Waals surface area contributed by atoms with Gasteiger partial charge in [-0.15, -0.1) is 0 Å². The zero-order valence-corrected chi connectivity index (χ0v) is 13.8. The van der Waals surface area contributed by atoms with Crippen LogP contribution in [-0.2, 0) is 0 Å². The van der Waals surface area contributed by atoms with Crippen LogP contribution in [0.3, 0.4) is 0 Å². The molecule has 0 saturated heterocycles. The van der Waals surface area contributed by atoms with Crippen LogP contribution in [0.5, 0.6) is 0 Å². The lowest BCUT2D eigenvalue weighted by Gasteiger charge is -2.08. The number of carbonyl (C=O) groups excluding carboxylic acids is 1. The van der Waals surface area contributed by atoms with Gasteiger partial charge in [-0.25, -0.2) is 4.98 Å². The van der Waals surface area contributed by atoms with E-state index < -0.39 is 0 Å². The summed E-state index contributed by atoms with van der Waals surface area (Å²) in [6, 6.07) is 24.2. The predicted molar refractivity (Wildman–Crippen MR) is 99.9 cm³/mol. The minimum Gasteiger partial charge on any atom is -0.355 e. The normalized spacial score (nSPS) is 10.8. The van der Waals surface area contributed by atoms with Gasteiger partial charge in [0.05, 0.1) is 11.0 Å². The van der Waals surface area contributed by atoms with E-state index in [2.05, 4.69) is 40.6 Å². The smallest absolute Gasteiger partial charge is 0.251 e. The maximum Gasteiger partial charge on any atom is 0.251 e. The Morgan fingerprint density at radius 1 is 0.920 bits per heavy atom. The Hall–Kier alpha value is -3.40. The molecule has 0 aliphatic rings. The summed E-state index contributed by atoms with van der Waals surface area (Å²) in [6.45, 7) is 0. The highest BCUT2D eigenvalue weighted by Crippen LogP contribution is 2.24. The highest BCUT2D eigenvalue weighted by molar-refractivity contribution is 5.97. The van der Waals surface area contributed by atoms with Gasteiger partial charge in [-0.2, -0.15) is 0 Å². The molecule has 0 atom stereocenters. The Kier molecular flexibility index (Phi) is 3.78. The summed E-state index contributed by atoms with van der Waals surface area (Å²) in [5, 5.41) is 2.64. The van der Waals surface area contributed by atoms with Crippen molar-refractivity contribution in [3.05, 3.63) is 84.7 Å². The van der Waals surface area contributed by atoms with Gasteiger partial charge in [0.15, 0.2) is 0 Å². The quantitative estimate of drug-likeness (QED) is 0.617. The van der Waals surface area contributed by atoms with Crippen LogP contribution in [0, 0.1) is 0 Å². The van der Waals surface area contributed by atoms with Crippen molar-refractivity contribution in [2.24, 2.45) is 0 Å². The number of aromatic nitrogens is 2. The molecule has 0 spiro atoms. The first kappa shape index (κ1) is 15.1. The topological polar surface area (TPSA) is 46.9 Å². The summed E-state index contributed by atoms with van der Waals surface area (Å²) in [4.78, 5) is 16.2. The molecule has 4 aromatic rings. The van der Waals surface area contributed by atoms with E-state index in [1.807, 2.05) is 47.0 Å². The van der Waals surface area contributed by atoms with E-state index in [-0.39, 0.29) is 5.91 Å². The van der Waals surface area contributed by atoms with E-state index in [0.29, 0.717) is 5.56 Å². The van der Waals surface area contributed by atoms with Gasteiger partial charge in [0.25, 0.3) is 5.91 Å². The molecular formula is C21H17N3O. The van der Waals surface area contributed by atoms with Gasteiger partial charge in [0.1, 0.15) is 6.33 Å². The molecule has 3 aromatic carbocycles. The molecular weight excluding hydrogens is 310 g/mol. The first-order valence-electron chi connectivity index (χ1n) is 8.11. The average molecular weight is 327 g/mol. The van der Waals surface area contributed by atoms with E-state index in [0.717, 1.165) is 22.3 Å². The molecule has 0 radical (unpaired) electrons. The molecule has 122 valence electrons. The van der Waals surface area contributed by atoms with Gasteiger partial charge < -0.3 is 5.32 Å². The van der Waals surface area contributed by atoms with Crippen LogP contribution < -0.4 is 5.32 Å². The van der Waals surface area contributed by atoms with Gasteiger partial charge in [0.2, 0.25) is 0 Å². The van der Waals surface area contributed by atoms with E-state index >= 15 is 0 Å². The van der Waals surface area contributed by atoms with E-state index in [1.54, 1.807) is 13.4 Å². The fraction of sp³-hybridized carbons (Fsp3) is 0.0476. The zero-order valence-electron chi connectivity index (χ0n) is 13.8. The second-order valence-electron chi connectivity index (χ2n) is 5.81. The summed E-state index contributed by atoms with van der Waals surface area (Å²) in [5.41, 5.74) is 5.75. The Labute approximate surface area is 145 Å². The first-order chi connectivity index (χ1) is 12.3. The van der Waals surface area contributed by atoms with Gasteiger partial charge in [-0.1, -0.05) is 42.5 Å². The molecule has 4 rings (SSSR count). The molecule has 0 aliphatic heterocycles. The molecule has 1 N–H and O–H groups in total. The van der Waals surface area contributed by atoms with Crippen molar-refractivity contribution in [1.82, 2.24) is 14.9 Å². The number of imidazole rings is 1. The van der Waals surface area contributed by atoms with Gasteiger partial charge in [-0.05, 0) is 41.5 Å². The van der Waals surface area contributed by atoms with Crippen LogP contribution in [-0.4, -0.2) is 22.5 Å². The first-order valence-corrected chi connectivity index (χ1v) is 8.11. The average Bonchev–Trinajstić information content (AvgIpc) is 3.11. The number of hydrogen-bond donors (Lipinski definition) is 1. The molecule has 1 aromatic heterocycles. The SMILES string of the molecule is CNC(=O)c1ccc2c(c1)ncn2-c1cccc(-c2ccccc2)c1. The van der Waals surface area contributed by atoms with Crippen LogP contribution in [0.2, 0.25) is 0 Å². The third-order valence-electron chi connectivity index (χ3n) is 4.27. The molecule has 0 unspecified atom stereocenters. The largest absolute Gasteiger partial charge is 0.355 e. The number of benzene rings is 3. The van der Waals surface area contributed by atoms with E-state index in [4.69, 9.17) is 0 Å². The molecule has 0 saturated carbocycles. The number of rotatable bonds is 3. The summed E-state index contributed by atoms with van der Waals surface area (Å²) in [7, 11) is 1.63. The van der Waals surface area contributed by atoms with Crippen LogP contribution in [0.15, 0.2) is 79.1 Å². The van der Waals surface area contributed by atoms with Crippen molar-refractivity contribution in [3.8, 4) is 16.8 Å². The Morgan fingerprint density at radius 3 is 2.52 bits per heavy atom. The van der Waals surface area contributed by atoms with Crippen LogP contribution >= 0.6 is 0 Å². The number of nitrogens with one attached hydrogen (secondary N) is 1. The minimum absolute atomic E-state index is 0.109. The summed E-state index contributed by atoms with van der Waals surface area (Å²) < 4.78 is 2.04. The second-order valence-corrected chi connectivity index (χ2v) is 5.81. The van der Waals surface area contributed by atoms with Crippen molar-refractivity contribution < 1.29 is 4.79 Å². The predicted octanol–water partition coefficient (Wildman–Crippen LogP) is 4.05. The molecule has 25 heavy (non-hydrogen) atoms. The lowest BCUT2D eigenvalue weighted by molar-refractivity contribution is 0.0963. The number of fused-ring (bicyclic) bond motifs is 1. The lowest BCUT2D eigenvalue weighted by atomic mass is 10.1. The zero-order chi connectivity index (χ0) is 17.2. The summed E-state index contributed by atoms with van der Waals surface area (Å²) >= 11 is 0. The maximum absolute atomic E-state index is 11.8. The third kappa shape index (κ3) is 2.78. The van der Waals surface area contributed by atoms with Crippen LogP contribution in [0.25, 0.3) is 27.8 Å². The molecule has 0 fully saturated rings. The Bertz CT molecular complexity index is 1050. The highest BCUT2D eigenvalue weighted by atomic mass is 16.1. The number of nitrogens with zero attached hydrogens (tertiary/aromatic N) is 2. The van der Waals surface area contributed by atoms with Gasteiger partial charge >= 0.3 is 0 Å². The molecule has 4 nitrogen and oxygen atoms in total. The minimum atomic E-state index is -0.109. The van der Waals surface area contributed by atoms with Crippen LogP contribution in [0.1, 0.15) is 10.4 Å². The standard InChI is InChI=1S/C21H17N3O/c1-22-21(25)17-10-11-20-19(13-17)23-14-24(20)18-9-5-8-16(12-18)15-6-3-2-4-7-15/h2-14H,1H3,(H,22,25).